The van der Waals surface area contributed by atoms with Gasteiger partial charge in [-0.25, -0.2) is 5.84 Å². The first kappa shape index (κ1) is 14.3. The summed E-state index contributed by atoms with van der Waals surface area (Å²) in [6, 6.07) is 0. The van der Waals surface area contributed by atoms with Crippen LogP contribution in [0.25, 0.3) is 0 Å². The van der Waals surface area contributed by atoms with Gasteiger partial charge in [-0.3, -0.25) is 10.4 Å². The lowest BCUT2D eigenvalue weighted by Gasteiger charge is -2.33. The van der Waals surface area contributed by atoms with E-state index >= 15 is 0 Å². The van der Waals surface area contributed by atoms with E-state index < -0.39 is 0 Å². The van der Waals surface area contributed by atoms with Crippen LogP contribution < -0.4 is 11.3 Å². The number of aliphatic imine (C=N–C) groups is 1. The maximum absolute atomic E-state index is 5.56. The van der Waals surface area contributed by atoms with E-state index in [2.05, 4.69) is 36.1 Å². The van der Waals surface area contributed by atoms with Crippen molar-refractivity contribution in [3.63, 3.8) is 0 Å². The summed E-state index contributed by atoms with van der Waals surface area (Å²) in [6.45, 7) is 9.63. The van der Waals surface area contributed by atoms with Gasteiger partial charge >= 0.3 is 0 Å². The van der Waals surface area contributed by atoms with Crippen LogP contribution in [-0.2, 0) is 0 Å². The van der Waals surface area contributed by atoms with Gasteiger partial charge in [0.15, 0.2) is 0 Å². The molecule has 0 aromatic heterocycles. The van der Waals surface area contributed by atoms with Crippen LogP contribution in [0.2, 0.25) is 0 Å². The largest absolute Gasteiger partial charge is 0.342 e. The highest BCUT2D eigenvalue weighted by molar-refractivity contribution is 5.79. The van der Waals surface area contributed by atoms with E-state index in [-0.39, 0.29) is 0 Å². The minimum Gasteiger partial charge on any atom is -0.342 e. The van der Waals surface area contributed by atoms with Crippen molar-refractivity contribution in [2.24, 2.45) is 22.7 Å². The number of hydrogen-bond acceptors (Lipinski definition) is 2. The third-order valence-corrected chi connectivity index (χ3v) is 3.35. The van der Waals surface area contributed by atoms with Crippen LogP contribution in [0, 0.1) is 11.8 Å². The molecule has 1 saturated heterocycles. The van der Waals surface area contributed by atoms with Gasteiger partial charge in [0.05, 0.1) is 0 Å². The fourth-order valence-electron chi connectivity index (χ4n) is 2.35. The molecule has 4 heteroatoms. The molecule has 4 nitrogen and oxygen atoms in total. The molecule has 0 bridgehead atoms. The molecular weight excluding hydrogens is 212 g/mol. The van der Waals surface area contributed by atoms with Gasteiger partial charge in [-0.2, -0.15) is 0 Å². The van der Waals surface area contributed by atoms with E-state index in [0.717, 1.165) is 31.5 Å². The first-order valence-electron chi connectivity index (χ1n) is 6.93. The van der Waals surface area contributed by atoms with E-state index in [4.69, 9.17) is 5.84 Å². The van der Waals surface area contributed by atoms with Crippen LogP contribution in [0.1, 0.15) is 46.5 Å². The number of hydrazine groups is 1. The quantitative estimate of drug-likeness (QED) is 0.342. The van der Waals surface area contributed by atoms with Crippen LogP contribution in [0.15, 0.2) is 4.99 Å². The number of rotatable bonds is 4. The molecule has 100 valence electrons. The summed E-state index contributed by atoms with van der Waals surface area (Å²) in [5, 5.41) is 0. The molecule has 1 heterocycles. The maximum Gasteiger partial charge on any atom is 0.208 e. The van der Waals surface area contributed by atoms with Gasteiger partial charge in [0.1, 0.15) is 0 Å². The molecule has 0 spiro atoms. The smallest absolute Gasteiger partial charge is 0.208 e. The van der Waals surface area contributed by atoms with Crippen molar-refractivity contribution in [3.05, 3.63) is 0 Å². The van der Waals surface area contributed by atoms with Crippen molar-refractivity contribution in [1.29, 1.82) is 0 Å². The van der Waals surface area contributed by atoms with Gasteiger partial charge in [0.25, 0.3) is 0 Å². The summed E-state index contributed by atoms with van der Waals surface area (Å²) in [7, 11) is 0. The van der Waals surface area contributed by atoms with Crippen molar-refractivity contribution in [2.45, 2.75) is 46.5 Å². The Morgan fingerprint density at radius 2 is 2.06 bits per heavy atom. The van der Waals surface area contributed by atoms with E-state index in [1.165, 1.54) is 25.7 Å². The lowest BCUT2D eigenvalue weighted by atomic mass is 9.93. The average molecular weight is 240 g/mol. The van der Waals surface area contributed by atoms with Crippen LogP contribution in [-0.4, -0.2) is 30.5 Å². The number of hydrogen-bond donors (Lipinski definition) is 2. The molecule has 0 amide bonds. The number of likely N-dealkylation sites (tertiary alicyclic amines) is 1. The van der Waals surface area contributed by atoms with Gasteiger partial charge in [-0.05, 0) is 24.7 Å². The summed E-state index contributed by atoms with van der Waals surface area (Å²) in [6.07, 6.45) is 5.21. The second-order valence-corrected chi connectivity index (χ2v) is 5.42. The van der Waals surface area contributed by atoms with Gasteiger partial charge in [-0.15, -0.1) is 0 Å². The standard InChI is InChI=1S/C13H28N4/c1-4-5-12-6-8-17(9-7-12)13(16-14)15-10-11(2)3/h11-12H,4-10,14H2,1-3H3,(H,15,16). The second-order valence-electron chi connectivity index (χ2n) is 5.42. The molecular formula is C13H28N4. The molecule has 0 aliphatic carbocycles. The number of piperidine rings is 1. The first-order chi connectivity index (χ1) is 8.17. The van der Waals surface area contributed by atoms with Gasteiger partial charge in [0.2, 0.25) is 5.96 Å². The third-order valence-electron chi connectivity index (χ3n) is 3.35. The molecule has 0 atom stereocenters. The normalized spacial score (nSPS) is 18.9. The third kappa shape index (κ3) is 4.94. The molecule has 1 aliphatic rings. The molecule has 1 fully saturated rings. The van der Waals surface area contributed by atoms with Crippen LogP contribution in [0.5, 0.6) is 0 Å². The van der Waals surface area contributed by atoms with Gasteiger partial charge in [0, 0.05) is 19.6 Å². The Morgan fingerprint density at radius 1 is 1.41 bits per heavy atom. The molecule has 0 aromatic carbocycles. The van der Waals surface area contributed by atoms with Crippen molar-refractivity contribution in [1.82, 2.24) is 10.3 Å². The fourth-order valence-corrected chi connectivity index (χ4v) is 2.35. The summed E-state index contributed by atoms with van der Waals surface area (Å²) < 4.78 is 0. The summed E-state index contributed by atoms with van der Waals surface area (Å²) in [5.41, 5.74) is 2.75. The Balaban J connectivity index is 2.42. The topological polar surface area (TPSA) is 53.6 Å². The number of nitrogens with two attached hydrogens (primary N) is 1. The highest BCUT2D eigenvalue weighted by Crippen LogP contribution is 2.21. The number of nitrogens with zero attached hydrogens (tertiary/aromatic N) is 2. The van der Waals surface area contributed by atoms with E-state index in [1.807, 2.05) is 0 Å². The fraction of sp³-hybridized carbons (Fsp3) is 0.923. The van der Waals surface area contributed by atoms with Gasteiger partial charge in [-0.1, -0.05) is 33.6 Å². The minimum atomic E-state index is 0.580. The zero-order valence-corrected chi connectivity index (χ0v) is 11.6. The van der Waals surface area contributed by atoms with Crippen molar-refractivity contribution < 1.29 is 0 Å². The van der Waals surface area contributed by atoms with Crippen molar-refractivity contribution in [3.8, 4) is 0 Å². The minimum absolute atomic E-state index is 0.580. The second kappa shape index (κ2) is 7.54. The lowest BCUT2D eigenvalue weighted by Crippen LogP contribution is -2.48. The molecule has 17 heavy (non-hydrogen) atoms. The predicted molar refractivity (Wildman–Crippen MR) is 73.7 cm³/mol. The van der Waals surface area contributed by atoms with Gasteiger partial charge < -0.3 is 4.90 Å². The van der Waals surface area contributed by atoms with Crippen LogP contribution in [0.4, 0.5) is 0 Å². The Morgan fingerprint density at radius 3 is 2.53 bits per heavy atom. The molecule has 0 aromatic rings. The SMILES string of the molecule is CCCC1CCN(C(=NCC(C)C)NN)CC1. The van der Waals surface area contributed by atoms with Crippen LogP contribution in [0.3, 0.4) is 0 Å². The zero-order valence-electron chi connectivity index (χ0n) is 11.6. The van der Waals surface area contributed by atoms with E-state index in [1.54, 1.807) is 0 Å². The monoisotopic (exact) mass is 240 g/mol. The van der Waals surface area contributed by atoms with Crippen molar-refractivity contribution >= 4 is 5.96 Å². The van der Waals surface area contributed by atoms with Crippen molar-refractivity contribution in [2.75, 3.05) is 19.6 Å². The number of nitrogens with one attached hydrogen (secondary N) is 1. The molecule has 0 unspecified atom stereocenters. The molecule has 1 rings (SSSR count). The summed E-state index contributed by atoms with van der Waals surface area (Å²) >= 11 is 0. The summed E-state index contributed by atoms with van der Waals surface area (Å²) in [5.74, 6) is 7.91. The molecule has 3 N–H and O–H groups in total. The lowest BCUT2D eigenvalue weighted by molar-refractivity contribution is 0.249. The Hall–Kier alpha value is -0.770. The average Bonchev–Trinajstić information content (AvgIpc) is 2.32. The van der Waals surface area contributed by atoms with E-state index in [0.29, 0.717) is 5.92 Å². The highest BCUT2D eigenvalue weighted by atomic mass is 15.4. The first-order valence-corrected chi connectivity index (χ1v) is 6.93. The molecule has 0 radical (unpaired) electrons. The predicted octanol–water partition coefficient (Wildman–Crippen LogP) is 1.97. The number of guanidine groups is 1. The van der Waals surface area contributed by atoms with Crippen LogP contribution >= 0.6 is 0 Å². The maximum atomic E-state index is 5.56. The molecule has 1 aliphatic heterocycles. The molecule has 0 saturated carbocycles. The Bertz CT molecular complexity index is 230. The zero-order chi connectivity index (χ0) is 12.7. The van der Waals surface area contributed by atoms with E-state index in [9.17, 15) is 0 Å². The highest BCUT2D eigenvalue weighted by Gasteiger charge is 2.20. The summed E-state index contributed by atoms with van der Waals surface area (Å²) in [4.78, 5) is 6.83. The Kier molecular flexibility index (Phi) is 6.34. The Labute approximate surface area is 106 Å².